The van der Waals surface area contributed by atoms with Gasteiger partial charge in [-0.1, -0.05) is 24.3 Å². The molecule has 1 amide bonds. The second-order valence-corrected chi connectivity index (χ2v) is 7.88. The van der Waals surface area contributed by atoms with E-state index in [0.717, 1.165) is 16.7 Å². The first kappa shape index (κ1) is 19.2. The van der Waals surface area contributed by atoms with Crippen LogP contribution in [0.1, 0.15) is 44.4 Å². The molecule has 5 nitrogen and oxygen atoms in total. The van der Waals surface area contributed by atoms with Crippen LogP contribution < -0.4 is 5.43 Å². The van der Waals surface area contributed by atoms with Gasteiger partial charge in [0, 0.05) is 18.9 Å². The molecule has 0 fully saturated rings. The van der Waals surface area contributed by atoms with Gasteiger partial charge < -0.3 is 9.32 Å². The van der Waals surface area contributed by atoms with Gasteiger partial charge in [-0.25, -0.2) is 4.39 Å². The third-order valence-electron chi connectivity index (χ3n) is 5.66. The van der Waals surface area contributed by atoms with Crippen LogP contribution >= 0.6 is 0 Å². The molecule has 0 spiro atoms. The van der Waals surface area contributed by atoms with Crippen LogP contribution in [0, 0.1) is 19.7 Å². The number of fused-ring (bicyclic) bond motifs is 2. The van der Waals surface area contributed by atoms with Crippen molar-refractivity contribution >= 4 is 16.9 Å². The molecule has 0 bridgehead atoms. The van der Waals surface area contributed by atoms with Gasteiger partial charge in [-0.05, 0) is 60.4 Å². The Balaban J connectivity index is 1.76. The molecule has 6 heteroatoms. The highest BCUT2D eigenvalue weighted by Crippen LogP contribution is 2.39. The molecule has 0 aliphatic carbocycles. The number of carbonyl (C=O) groups excluding carboxylic acids is 1. The average molecular weight is 414 g/mol. The number of rotatable bonds is 3. The Kier molecular flexibility index (Phi) is 4.43. The Morgan fingerprint density at radius 2 is 1.87 bits per heavy atom. The van der Waals surface area contributed by atoms with Gasteiger partial charge in [-0.3, -0.25) is 14.6 Å². The number of carbonyl (C=O) groups is 1. The first-order chi connectivity index (χ1) is 14.9. The molecule has 154 valence electrons. The molecule has 2 aromatic carbocycles. The van der Waals surface area contributed by atoms with Gasteiger partial charge >= 0.3 is 0 Å². The van der Waals surface area contributed by atoms with E-state index in [4.69, 9.17) is 4.42 Å². The van der Waals surface area contributed by atoms with Crippen molar-refractivity contribution in [3.63, 3.8) is 0 Å². The monoisotopic (exact) mass is 414 g/mol. The lowest BCUT2D eigenvalue weighted by molar-refractivity contribution is 0.0714. The van der Waals surface area contributed by atoms with Gasteiger partial charge in [0.1, 0.15) is 11.4 Å². The number of amides is 1. The fourth-order valence-corrected chi connectivity index (χ4v) is 4.32. The lowest BCUT2D eigenvalue weighted by Gasteiger charge is -2.25. The Morgan fingerprint density at radius 3 is 2.58 bits per heavy atom. The summed E-state index contributed by atoms with van der Waals surface area (Å²) < 4.78 is 19.6. The molecule has 0 N–H and O–H groups in total. The minimum atomic E-state index is -0.676. The summed E-state index contributed by atoms with van der Waals surface area (Å²) in [5.41, 5.74) is 3.67. The van der Waals surface area contributed by atoms with E-state index >= 15 is 0 Å². The van der Waals surface area contributed by atoms with Crippen molar-refractivity contribution < 1.29 is 13.6 Å². The van der Waals surface area contributed by atoms with Gasteiger partial charge in [0.15, 0.2) is 5.43 Å². The summed E-state index contributed by atoms with van der Waals surface area (Å²) in [6.07, 6.45) is 3.33. The fraction of sp³-hybridized carbons (Fsp3) is 0.160. The largest absolute Gasteiger partial charge is 0.450 e. The second kappa shape index (κ2) is 7.16. The quantitative estimate of drug-likeness (QED) is 0.488. The summed E-state index contributed by atoms with van der Waals surface area (Å²) in [4.78, 5) is 32.7. The highest BCUT2D eigenvalue weighted by Gasteiger charge is 2.42. The van der Waals surface area contributed by atoms with E-state index in [2.05, 4.69) is 4.98 Å². The Hall–Kier alpha value is -3.80. The molecule has 1 atom stereocenters. The zero-order chi connectivity index (χ0) is 21.7. The molecule has 0 radical (unpaired) electrons. The normalized spacial score (nSPS) is 15.5. The zero-order valence-electron chi connectivity index (χ0n) is 17.1. The van der Waals surface area contributed by atoms with Gasteiger partial charge in [0.25, 0.3) is 5.91 Å². The highest BCUT2D eigenvalue weighted by molar-refractivity contribution is 5.99. The molecule has 0 saturated carbocycles. The van der Waals surface area contributed by atoms with Gasteiger partial charge in [0.2, 0.25) is 5.76 Å². The first-order valence-electron chi connectivity index (χ1n) is 9.97. The smallest absolute Gasteiger partial charge is 0.291 e. The second-order valence-electron chi connectivity index (χ2n) is 7.88. The molecular weight excluding hydrogens is 395 g/mol. The highest BCUT2D eigenvalue weighted by atomic mass is 19.1. The molecule has 3 heterocycles. The van der Waals surface area contributed by atoms with E-state index in [1.165, 1.54) is 12.1 Å². The van der Waals surface area contributed by atoms with Crippen LogP contribution in [0.25, 0.3) is 11.0 Å². The molecule has 2 aromatic heterocycles. The number of hydrogen-bond donors (Lipinski definition) is 0. The van der Waals surface area contributed by atoms with E-state index < -0.39 is 6.04 Å². The van der Waals surface area contributed by atoms with Crippen LogP contribution in [0.15, 0.2) is 70.1 Å². The summed E-state index contributed by atoms with van der Waals surface area (Å²) in [6.45, 7) is 4.01. The topological polar surface area (TPSA) is 63.4 Å². The predicted octanol–water partition coefficient (Wildman–Crippen LogP) is 4.69. The summed E-state index contributed by atoms with van der Waals surface area (Å²) >= 11 is 0. The van der Waals surface area contributed by atoms with Crippen LogP contribution in [0.2, 0.25) is 0 Å². The van der Waals surface area contributed by atoms with Crippen molar-refractivity contribution in [2.75, 3.05) is 0 Å². The third kappa shape index (κ3) is 3.11. The number of aryl methyl sites for hydroxylation is 2. The number of pyridine rings is 1. The van der Waals surface area contributed by atoms with Crippen molar-refractivity contribution in [3.05, 3.63) is 111 Å². The minimum absolute atomic E-state index is 0.0441. The van der Waals surface area contributed by atoms with Crippen molar-refractivity contribution in [1.29, 1.82) is 0 Å². The Labute approximate surface area is 177 Å². The average Bonchev–Trinajstić information content (AvgIpc) is 3.03. The zero-order valence-corrected chi connectivity index (χ0v) is 17.1. The van der Waals surface area contributed by atoms with Gasteiger partial charge in [-0.15, -0.1) is 0 Å². The number of aromatic nitrogens is 1. The van der Waals surface area contributed by atoms with E-state index in [-0.39, 0.29) is 35.0 Å². The summed E-state index contributed by atoms with van der Waals surface area (Å²) in [6, 6.07) is 12.5. The van der Waals surface area contributed by atoms with Crippen LogP contribution in [0.4, 0.5) is 4.39 Å². The molecule has 1 aliphatic rings. The van der Waals surface area contributed by atoms with E-state index in [1.807, 2.05) is 26.0 Å². The molecule has 4 aromatic rings. The maximum Gasteiger partial charge on any atom is 0.291 e. The van der Waals surface area contributed by atoms with Crippen molar-refractivity contribution in [2.45, 2.75) is 26.4 Å². The number of nitrogens with zero attached hydrogens (tertiary/aromatic N) is 2. The number of halogens is 1. The fourth-order valence-electron chi connectivity index (χ4n) is 4.32. The van der Waals surface area contributed by atoms with E-state index in [1.54, 1.807) is 41.6 Å². The van der Waals surface area contributed by atoms with Crippen molar-refractivity contribution in [3.8, 4) is 0 Å². The van der Waals surface area contributed by atoms with E-state index in [0.29, 0.717) is 16.5 Å². The van der Waals surface area contributed by atoms with Gasteiger partial charge in [-0.2, -0.15) is 0 Å². The third-order valence-corrected chi connectivity index (χ3v) is 5.66. The van der Waals surface area contributed by atoms with Crippen LogP contribution in [0.5, 0.6) is 0 Å². The SMILES string of the molecule is Cc1cc(C)c2oc3c(c(=O)c2c1)[C@H](c1ccc(F)cc1)N(Cc1cccnc1)C3=O. The molecule has 0 unspecified atom stereocenters. The summed E-state index contributed by atoms with van der Waals surface area (Å²) in [5.74, 6) is -0.710. The number of hydrogen-bond acceptors (Lipinski definition) is 4. The van der Waals surface area contributed by atoms with Crippen molar-refractivity contribution in [2.24, 2.45) is 0 Å². The molecule has 31 heavy (non-hydrogen) atoms. The molecule has 5 rings (SSSR count). The van der Waals surface area contributed by atoms with Gasteiger partial charge in [0.05, 0.1) is 17.0 Å². The maximum atomic E-state index is 13.6. The predicted molar refractivity (Wildman–Crippen MR) is 114 cm³/mol. The van der Waals surface area contributed by atoms with Crippen molar-refractivity contribution in [1.82, 2.24) is 9.88 Å². The van der Waals surface area contributed by atoms with Crippen LogP contribution in [-0.4, -0.2) is 15.8 Å². The van der Waals surface area contributed by atoms with E-state index in [9.17, 15) is 14.0 Å². The molecule has 1 aliphatic heterocycles. The standard InChI is InChI=1S/C25H19FN2O3/c1-14-10-15(2)23-19(11-14)22(29)20-21(17-5-7-18(26)8-6-17)28(25(30)24(20)31-23)13-16-4-3-9-27-12-16/h3-12,21H,13H2,1-2H3/t21-/m0/s1. The Bertz CT molecular complexity index is 1380. The first-order valence-corrected chi connectivity index (χ1v) is 9.97. The summed E-state index contributed by atoms with van der Waals surface area (Å²) in [5, 5.41) is 0.444. The number of benzene rings is 2. The minimum Gasteiger partial charge on any atom is -0.450 e. The lowest BCUT2D eigenvalue weighted by Crippen LogP contribution is -2.29. The Morgan fingerprint density at radius 1 is 1.10 bits per heavy atom. The lowest BCUT2D eigenvalue weighted by atomic mass is 9.97. The molecule has 0 saturated heterocycles. The maximum absolute atomic E-state index is 13.6. The van der Waals surface area contributed by atoms with Crippen LogP contribution in [0.3, 0.4) is 0 Å². The van der Waals surface area contributed by atoms with Crippen LogP contribution in [-0.2, 0) is 6.54 Å². The molecular formula is C25H19FN2O3. The summed E-state index contributed by atoms with van der Waals surface area (Å²) in [7, 11) is 0.